The van der Waals surface area contributed by atoms with Crippen molar-refractivity contribution in [3.63, 3.8) is 0 Å². The Morgan fingerprint density at radius 3 is 2.40 bits per heavy atom. The maximum Gasteiger partial charge on any atom is 0.258 e. The van der Waals surface area contributed by atoms with Crippen LogP contribution in [0.4, 0.5) is 0 Å². The number of aromatic nitrogens is 1. The molecule has 0 aliphatic rings. The van der Waals surface area contributed by atoms with Crippen molar-refractivity contribution in [3.8, 4) is 11.5 Å². The smallest absolute Gasteiger partial charge is 0.258 e. The summed E-state index contributed by atoms with van der Waals surface area (Å²) in [4.78, 5) is 16.0. The molecule has 0 aliphatic heterocycles. The van der Waals surface area contributed by atoms with E-state index < -0.39 is 0 Å². The monoisotopic (exact) mass is 338 g/mol. The summed E-state index contributed by atoms with van der Waals surface area (Å²) >= 11 is 0. The number of benzene rings is 2. The molecule has 2 aromatic carbocycles. The third-order valence-electron chi connectivity index (χ3n) is 4.34. The molecule has 1 aromatic heterocycles. The number of fused-ring (bicyclic) bond motifs is 1. The number of aromatic amines is 1. The number of hydrogen-bond acceptors (Lipinski definition) is 3. The van der Waals surface area contributed by atoms with Crippen molar-refractivity contribution in [2.24, 2.45) is 0 Å². The van der Waals surface area contributed by atoms with Crippen molar-refractivity contribution >= 4 is 16.8 Å². The Kier molecular flexibility index (Phi) is 4.93. The second-order valence-corrected chi connectivity index (χ2v) is 5.82. The number of amides is 1. The van der Waals surface area contributed by atoms with Crippen molar-refractivity contribution in [1.82, 2.24) is 10.3 Å². The third-order valence-corrected chi connectivity index (χ3v) is 4.34. The van der Waals surface area contributed by atoms with E-state index in [1.54, 1.807) is 32.4 Å². The van der Waals surface area contributed by atoms with Gasteiger partial charge in [-0.25, -0.2) is 0 Å². The van der Waals surface area contributed by atoms with E-state index in [1.165, 1.54) is 10.9 Å². The molecule has 5 heteroatoms. The molecule has 5 nitrogen and oxygen atoms in total. The number of nitrogens with one attached hydrogen (secondary N) is 2. The molecule has 2 N–H and O–H groups in total. The van der Waals surface area contributed by atoms with Gasteiger partial charge in [-0.2, -0.15) is 0 Å². The first kappa shape index (κ1) is 16.9. The summed E-state index contributed by atoms with van der Waals surface area (Å²) in [5.41, 5.74) is 3.89. The zero-order chi connectivity index (χ0) is 17.8. The molecular weight excluding hydrogens is 316 g/mol. The first-order valence-corrected chi connectivity index (χ1v) is 8.21. The minimum absolute atomic E-state index is 0.202. The highest BCUT2D eigenvalue weighted by Crippen LogP contribution is 2.28. The number of H-pyrrole nitrogens is 1. The number of para-hydroxylation sites is 1. The normalized spacial score (nSPS) is 10.7. The molecule has 0 unspecified atom stereocenters. The quantitative estimate of drug-likeness (QED) is 0.723. The molecular formula is C20H22N2O3. The first-order valence-electron chi connectivity index (χ1n) is 8.21. The molecule has 0 saturated heterocycles. The van der Waals surface area contributed by atoms with Crippen LogP contribution in [0.3, 0.4) is 0 Å². The summed E-state index contributed by atoms with van der Waals surface area (Å²) < 4.78 is 10.6. The van der Waals surface area contributed by atoms with Gasteiger partial charge in [0.25, 0.3) is 5.91 Å². The lowest BCUT2D eigenvalue weighted by Gasteiger charge is -2.13. The number of rotatable bonds is 6. The SMILES string of the molecule is COc1cccc(OC)c1C(=O)NCCc1c(C)[nH]c2ccccc12. The zero-order valence-electron chi connectivity index (χ0n) is 14.7. The van der Waals surface area contributed by atoms with E-state index in [2.05, 4.69) is 29.4 Å². The van der Waals surface area contributed by atoms with E-state index >= 15 is 0 Å². The van der Waals surface area contributed by atoms with Crippen LogP contribution >= 0.6 is 0 Å². The van der Waals surface area contributed by atoms with Gasteiger partial charge in [0.05, 0.1) is 14.2 Å². The molecule has 0 bridgehead atoms. The number of hydrogen-bond donors (Lipinski definition) is 2. The predicted molar refractivity (Wildman–Crippen MR) is 98.6 cm³/mol. The highest BCUT2D eigenvalue weighted by atomic mass is 16.5. The predicted octanol–water partition coefficient (Wildman–Crippen LogP) is 3.47. The van der Waals surface area contributed by atoms with Gasteiger partial charge >= 0.3 is 0 Å². The lowest BCUT2D eigenvalue weighted by molar-refractivity contribution is 0.0948. The molecule has 0 spiro atoms. The number of methoxy groups -OCH3 is 2. The van der Waals surface area contributed by atoms with Crippen LogP contribution in [0.5, 0.6) is 11.5 Å². The zero-order valence-corrected chi connectivity index (χ0v) is 14.7. The topological polar surface area (TPSA) is 63.4 Å². The van der Waals surface area contributed by atoms with Crippen LogP contribution in [0.15, 0.2) is 42.5 Å². The van der Waals surface area contributed by atoms with Gasteiger partial charge < -0.3 is 19.8 Å². The van der Waals surface area contributed by atoms with Crippen molar-refractivity contribution in [3.05, 3.63) is 59.3 Å². The second-order valence-electron chi connectivity index (χ2n) is 5.82. The van der Waals surface area contributed by atoms with E-state index in [0.29, 0.717) is 23.6 Å². The van der Waals surface area contributed by atoms with E-state index in [4.69, 9.17) is 9.47 Å². The summed E-state index contributed by atoms with van der Waals surface area (Å²) in [6, 6.07) is 13.5. The minimum atomic E-state index is -0.202. The molecule has 130 valence electrons. The van der Waals surface area contributed by atoms with Crippen molar-refractivity contribution < 1.29 is 14.3 Å². The van der Waals surface area contributed by atoms with Crippen molar-refractivity contribution in [1.29, 1.82) is 0 Å². The Balaban J connectivity index is 1.74. The number of carbonyl (C=O) groups excluding carboxylic acids is 1. The largest absolute Gasteiger partial charge is 0.496 e. The lowest BCUT2D eigenvalue weighted by atomic mass is 10.1. The summed E-state index contributed by atoms with van der Waals surface area (Å²) in [6.07, 6.45) is 0.749. The van der Waals surface area contributed by atoms with Crippen LogP contribution in [0.1, 0.15) is 21.6 Å². The van der Waals surface area contributed by atoms with Gasteiger partial charge in [0.1, 0.15) is 17.1 Å². The van der Waals surface area contributed by atoms with Gasteiger partial charge in [-0.05, 0) is 37.1 Å². The molecule has 0 aliphatic carbocycles. The average molecular weight is 338 g/mol. The van der Waals surface area contributed by atoms with Crippen molar-refractivity contribution in [2.45, 2.75) is 13.3 Å². The molecule has 1 heterocycles. The van der Waals surface area contributed by atoms with Gasteiger partial charge in [-0.1, -0.05) is 24.3 Å². The van der Waals surface area contributed by atoms with E-state index in [-0.39, 0.29) is 5.91 Å². The molecule has 0 atom stereocenters. The Labute approximate surface area is 147 Å². The molecule has 0 fully saturated rings. The van der Waals surface area contributed by atoms with Crippen LogP contribution < -0.4 is 14.8 Å². The maximum atomic E-state index is 12.6. The van der Waals surface area contributed by atoms with Crippen LogP contribution in [0.2, 0.25) is 0 Å². The van der Waals surface area contributed by atoms with E-state index in [0.717, 1.165) is 17.6 Å². The summed E-state index contributed by atoms with van der Waals surface area (Å²) in [7, 11) is 3.09. The maximum absolute atomic E-state index is 12.6. The molecule has 3 rings (SSSR count). The van der Waals surface area contributed by atoms with Crippen molar-refractivity contribution in [2.75, 3.05) is 20.8 Å². The molecule has 0 saturated carbocycles. The van der Waals surface area contributed by atoms with Gasteiger partial charge in [0.15, 0.2) is 0 Å². The van der Waals surface area contributed by atoms with Crippen LogP contribution in [0, 0.1) is 6.92 Å². The Morgan fingerprint density at radius 1 is 1.04 bits per heavy atom. The number of carbonyl (C=O) groups is 1. The molecule has 1 amide bonds. The fraction of sp³-hybridized carbons (Fsp3) is 0.250. The van der Waals surface area contributed by atoms with Gasteiger partial charge in [-0.15, -0.1) is 0 Å². The fourth-order valence-electron chi connectivity index (χ4n) is 3.12. The van der Waals surface area contributed by atoms with Gasteiger partial charge in [0.2, 0.25) is 0 Å². The lowest BCUT2D eigenvalue weighted by Crippen LogP contribution is -2.26. The highest BCUT2D eigenvalue weighted by molar-refractivity contribution is 5.99. The van der Waals surface area contributed by atoms with E-state index in [1.807, 2.05) is 12.1 Å². The summed E-state index contributed by atoms with van der Waals surface area (Å²) in [6.45, 7) is 2.59. The second kappa shape index (κ2) is 7.30. The number of aryl methyl sites for hydroxylation is 1. The van der Waals surface area contributed by atoms with Gasteiger partial charge in [0, 0.05) is 23.1 Å². The minimum Gasteiger partial charge on any atom is -0.496 e. The standard InChI is InChI=1S/C20H22N2O3/c1-13-14(15-7-4-5-8-16(15)22-13)11-12-21-20(23)19-17(24-2)9-6-10-18(19)25-3/h4-10,22H,11-12H2,1-3H3,(H,21,23). The fourth-order valence-corrected chi connectivity index (χ4v) is 3.12. The van der Waals surface area contributed by atoms with Crippen LogP contribution in [0.25, 0.3) is 10.9 Å². The molecule has 25 heavy (non-hydrogen) atoms. The van der Waals surface area contributed by atoms with Gasteiger partial charge in [-0.3, -0.25) is 4.79 Å². The number of ether oxygens (including phenoxy) is 2. The van der Waals surface area contributed by atoms with Crippen LogP contribution in [-0.4, -0.2) is 31.7 Å². The third kappa shape index (κ3) is 3.31. The molecule has 0 radical (unpaired) electrons. The van der Waals surface area contributed by atoms with Crippen LogP contribution in [-0.2, 0) is 6.42 Å². The summed E-state index contributed by atoms with van der Waals surface area (Å²) in [5.74, 6) is 0.798. The molecule has 3 aromatic rings. The van der Waals surface area contributed by atoms with E-state index in [9.17, 15) is 4.79 Å². The Bertz CT molecular complexity index is 877. The summed E-state index contributed by atoms with van der Waals surface area (Å²) in [5, 5.41) is 4.16. The first-order chi connectivity index (χ1) is 12.2. The Hall–Kier alpha value is -2.95. The highest BCUT2D eigenvalue weighted by Gasteiger charge is 2.18. The Morgan fingerprint density at radius 2 is 1.72 bits per heavy atom. The average Bonchev–Trinajstić information content (AvgIpc) is 2.96.